The second-order valence-electron chi connectivity index (χ2n) is 5.24. The minimum atomic E-state index is -0.583. The molecule has 0 fully saturated rings. The minimum absolute atomic E-state index is 0.0193. The third-order valence-corrected chi connectivity index (χ3v) is 6.60. The van der Waals surface area contributed by atoms with Gasteiger partial charge in [0.15, 0.2) is 0 Å². The zero-order valence-corrected chi connectivity index (χ0v) is 14.6. The summed E-state index contributed by atoms with van der Waals surface area (Å²) in [6.45, 7) is 6.14. The summed E-state index contributed by atoms with van der Waals surface area (Å²) in [6, 6.07) is 10.1. The quantitative estimate of drug-likeness (QED) is 0.797. The van der Waals surface area contributed by atoms with Gasteiger partial charge in [0.05, 0.1) is 0 Å². The second-order valence-corrected chi connectivity index (χ2v) is 8.20. The van der Waals surface area contributed by atoms with Gasteiger partial charge < -0.3 is 0 Å². The Kier molecular flexibility index (Phi) is 3.46. The van der Waals surface area contributed by atoms with Gasteiger partial charge >= 0.3 is 129 Å². The predicted molar refractivity (Wildman–Crippen MR) is 84.1 cm³/mol. The molecule has 0 atom stereocenters. The van der Waals surface area contributed by atoms with Gasteiger partial charge in [-0.3, -0.25) is 0 Å². The van der Waals surface area contributed by atoms with Crippen molar-refractivity contribution in [2.45, 2.75) is 20.8 Å². The Bertz CT molecular complexity index is 687. The summed E-state index contributed by atoms with van der Waals surface area (Å²) in [6.07, 6.45) is 0. The molecule has 2 radical (unpaired) electrons. The summed E-state index contributed by atoms with van der Waals surface area (Å²) in [5, 5.41) is 3.05. The molecule has 2 N–H and O–H groups in total. The first kappa shape index (κ1) is 13.5. The van der Waals surface area contributed by atoms with E-state index in [1.807, 2.05) is 32.0 Å². The van der Waals surface area contributed by atoms with E-state index >= 15 is 0 Å². The monoisotopic (exact) mass is 372 g/mol. The molecule has 3 nitrogen and oxygen atoms in total. The van der Waals surface area contributed by atoms with Crippen molar-refractivity contribution < 1.29 is 4.79 Å². The molecule has 0 saturated carbocycles. The molecule has 100 valence electrons. The second kappa shape index (κ2) is 5.13. The van der Waals surface area contributed by atoms with Gasteiger partial charge in [0, 0.05) is 0 Å². The molecular weight excluding hydrogens is 355 g/mol. The molecular formula is C16H16N2OSn. The van der Waals surface area contributed by atoms with Crippen LogP contribution in [0.5, 0.6) is 0 Å². The van der Waals surface area contributed by atoms with Crippen LogP contribution >= 0.6 is 0 Å². The van der Waals surface area contributed by atoms with E-state index < -0.39 is 21.4 Å². The third-order valence-electron chi connectivity index (χ3n) is 3.53. The molecule has 0 unspecified atom stereocenters. The van der Waals surface area contributed by atoms with Crippen molar-refractivity contribution in [1.82, 2.24) is 0 Å². The standard InChI is InChI=1S/C16H17N2O.Sn/c1-10-8-11(2)15(12(3)9-10)18-16(19)13-4-6-14(17)7-5-13;/h4-6,8-9H,1-3H3,(H3,17,18,19);/q;+1/p-1. The fourth-order valence-corrected chi connectivity index (χ4v) is 4.84. The molecule has 0 aromatic heterocycles. The van der Waals surface area contributed by atoms with Gasteiger partial charge in [0.25, 0.3) is 0 Å². The van der Waals surface area contributed by atoms with Crippen molar-refractivity contribution in [3.05, 3.63) is 52.6 Å². The first-order chi connectivity index (χ1) is 9.54. The van der Waals surface area contributed by atoms with E-state index in [0.717, 1.165) is 22.4 Å². The van der Waals surface area contributed by atoms with Crippen LogP contribution < -0.4 is 12.4 Å². The van der Waals surface area contributed by atoms with Crippen LogP contribution in [0.2, 0.25) is 0 Å². The summed E-state index contributed by atoms with van der Waals surface area (Å²) in [5.74, 6) is -0.0193. The van der Waals surface area contributed by atoms with Crippen LogP contribution in [0.3, 0.4) is 0 Å². The van der Waals surface area contributed by atoms with Crippen molar-refractivity contribution in [2.24, 2.45) is 0 Å². The molecule has 0 bridgehead atoms. The summed E-state index contributed by atoms with van der Waals surface area (Å²) >= 11 is -0.583. The van der Waals surface area contributed by atoms with Gasteiger partial charge in [-0.1, -0.05) is 0 Å². The maximum atomic E-state index is 12.4. The number of fused-ring (bicyclic) bond motifs is 1. The first-order valence-corrected chi connectivity index (χ1v) is 9.45. The topological polar surface area (TPSA) is 41.1 Å². The number of hydrogen-bond donors (Lipinski definition) is 2. The number of aryl methyl sites for hydroxylation is 3. The molecule has 2 aromatic carbocycles. The Labute approximate surface area is 129 Å². The van der Waals surface area contributed by atoms with Crippen molar-refractivity contribution in [1.29, 1.82) is 0 Å². The molecule has 1 heterocycles. The molecule has 3 rings (SSSR count). The van der Waals surface area contributed by atoms with Gasteiger partial charge in [0.1, 0.15) is 0 Å². The van der Waals surface area contributed by atoms with Crippen LogP contribution in [-0.2, 0) is 0 Å². The van der Waals surface area contributed by atoms with E-state index in [4.69, 9.17) is 0 Å². The van der Waals surface area contributed by atoms with Crippen molar-refractivity contribution in [2.75, 3.05) is 8.86 Å². The van der Waals surface area contributed by atoms with Crippen molar-refractivity contribution >= 4 is 42.3 Å². The Hall–Kier alpha value is -1.49. The molecule has 20 heavy (non-hydrogen) atoms. The van der Waals surface area contributed by atoms with Crippen molar-refractivity contribution in [3.63, 3.8) is 0 Å². The van der Waals surface area contributed by atoms with Crippen molar-refractivity contribution in [3.8, 4) is 0 Å². The number of benzene rings is 2. The van der Waals surface area contributed by atoms with Crippen LogP contribution in [-0.4, -0.2) is 27.3 Å². The number of nitrogens with one attached hydrogen (secondary N) is 2. The summed E-state index contributed by atoms with van der Waals surface area (Å²) in [4.78, 5) is 12.4. The molecule has 2 aromatic rings. The Morgan fingerprint density at radius 2 is 1.80 bits per heavy atom. The van der Waals surface area contributed by atoms with E-state index in [1.165, 1.54) is 14.8 Å². The van der Waals surface area contributed by atoms with Gasteiger partial charge in [0.2, 0.25) is 0 Å². The Balaban J connectivity index is 1.87. The summed E-state index contributed by atoms with van der Waals surface area (Å²) in [5.41, 5.74) is 6.33. The molecule has 0 saturated heterocycles. The van der Waals surface area contributed by atoms with Crippen LogP contribution in [0.15, 0.2) is 30.3 Å². The van der Waals surface area contributed by atoms with E-state index in [-0.39, 0.29) is 5.91 Å². The first-order valence-electron chi connectivity index (χ1n) is 6.60. The van der Waals surface area contributed by atoms with E-state index in [1.54, 1.807) is 0 Å². The van der Waals surface area contributed by atoms with Gasteiger partial charge in [-0.05, 0) is 0 Å². The summed E-state index contributed by atoms with van der Waals surface area (Å²) < 4.78 is 4.74. The normalized spacial score (nSPS) is 12.2. The third kappa shape index (κ3) is 2.42. The number of hydrogen-bond acceptors (Lipinski definition) is 2. The SMILES string of the molecule is Cc1cc(C)c(NC(=O)c2ccc3[c](c2)[Sn][NH]3)c(C)c1. The zero-order chi connectivity index (χ0) is 14.3. The van der Waals surface area contributed by atoms with Crippen LogP contribution in [0, 0.1) is 20.8 Å². The van der Waals surface area contributed by atoms with E-state index in [2.05, 4.69) is 27.9 Å². The fourth-order valence-electron chi connectivity index (χ4n) is 2.53. The van der Waals surface area contributed by atoms with Gasteiger partial charge in [-0.25, -0.2) is 0 Å². The summed E-state index contributed by atoms with van der Waals surface area (Å²) in [7, 11) is 0. The van der Waals surface area contributed by atoms with E-state index in [9.17, 15) is 4.79 Å². The van der Waals surface area contributed by atoms with Crippen LogP contribution in [0.4, 0.5) is 11.4 Å². The zero-order valence-electron chi connectivity index (χ0n) is 11.8. The molecule has 1 aliphatic rings. The van der Waals surface area contributed by atoms with Crippen LogP contribution in [0.1, 0.15) is 27.0 Å². The number of carbonyl (C=O) groups is 1. The average Bonchev–Trinajstić information content (AvgIpc) is 2.35. The molecule has 1 amide bonds. The van der Waals surface area contributed by atoms with E-state index in [0.29, 0.717) is 0 Å². The molecule has 0 aliphatic carbocycles. The fraction of sp³-hybridized carbons (Fsp3) is 0.188. The molecule has 0 spiro atoms. The molecule has 4 heteroatoms. The average molecular weight is 371 g/mol. The Morgan fingerprint density at radius 1 is 1.10 bits per heavy atom. The Morgan fingerprint density at radius 3 is 2.35 bits per heavy atom. The predicted octanol–water partition coefficient (Wildman–Crippen LogP) is 2.53. The van der Waals surface area contributed by atoms with Gasteiger partial charge in [-0.2, -0.15) is 0 Å². The van der Waals surface area contributed by atoms with Crippen LogP contribution in [0.25, 0.3) is 0 Å². The van der Waals surface area contributed by atoms with Gasteiger partial charge in [-0.15, -0.1) is 0 Å². The number of carbonyl (C=O) groups excluding carboxylic acids is 1. The number of rotatable bonds is 2. The molecule has 1 aliphatic heterocycles. The number of anilines is 2. The number of amides is 1. The maximum absolute atomic E-state index is 12.4.